The van der Waals surface area contributed by atoms with Gasteiger partial charge in [0.2, 0.25) is 5.91 Å². The second-order valence-corrected chi connectivity index (χ2v) is 8.41. The number of carbonyl (C=O) groups is 1. The Bertz CT molecular complexity index is 1220. The van der Waals surface area contributed by atoms with Crippen LogP contribution in [0.4, 0.5) is 5.69 Å². The van der Waals surface area contributed by atoms with Crippen molar-refractivity contribution in [2.24, 2.45) is 7.05 Å². The number of fused-ring (bicyclic) bond motifs is 1. The summed E-state index contributed by atoms with van der Waals surface area (Å²) in [6.45, 7) is 3.83. The number of anilines is 1. The lowest BCUT2D eigenvalue weighted by Crippen LogP contribution is -2.23. The number of H-pyrrole nitrogens is 1. The Hall–Kier alpha value is -3.26. The molecule has 0 saturated carbocycles. The van der Waals surface area contributed by atoms with Crippen LogP contribution in [0.15, 0.2) is 59.4 Å². The highest BCUT2D eigenvalue weighted by Gasteiger charge is 2.19. The summed E-state index contributed by atoms with van der Waals surface area (Å²) in [5.74, 6) is 0.836. The normalized spacial score (nSPS) is 12.2. The van der Waals surface area contributed by atoms with Gasteiger partial charge in [-0.15, -0.1) is 11.8 Å². The van der Waals surface area contributed by atoms with Crippen molar-refractivity contribution in [2.45, 2.75) is 19.1 Å². The molecule has 0 saturated heterocycles. The molecule has 0 aliphatic rings. The fraction of sp³-hybridized carbons (Fsp3) is 0.227. The summed E-state index contributed by atoms with van der Waals surface area (Å²) < 4.78 is 3.30. The number of para-hydroxylation sites is 3. The van der Waals surface area contributed by atoms with Crippen LogP contribution in [0, 0.1) is 6.92 Å². The van der Waals surface area contributed by atoms with E-state index in [9.17, 15) is 9.59 Å². The fourth-order valence-corrected chi connectivity index (χ4v) is 4.08. The summed E-state index contributed by atoms with van der Waals surface area (Å²) in [7, 11) is 1.80. The maximum atomic E-state index is 12.9. The first kappa shape index (κ1) is 20.0. The molecular weight excluding hydrogens is 398 g/mol. The van der Waals surface area contributed by atoms with Gasteiger partial charge >= 0.3 is 0 Å². The molecule has 1 amide bonds. The molecule has 0 aliphatic carbocycles. The molecule has 4 rings (SSSR count). The summed E-state index contributed by atoms with van der Waals surface area (Å²) in [6.07, 6.45) is 0. The van der Waals surface area contributed by atoms with Crippen molar-refractivity contribution in [2.75, 3.05) is 11.1 Å². The number of amides is 1. The quantitative estimate of drug-likeness (QED) is 0.496. The van der Waals surface area contributed by atoms with Crippen LogP contribution in [0.25, 0.3) is 16.7 Å². The Labute approximate surface area is 178 Å². The van der Waals surface area contributed by atoms with E-state index in [1.807, 2.05) is 68.4 Å². The largest absolute Gasteiger partial charge is 0.341 e. The molecule has 2 heterocycles. The van der Waals surface area contributed by atoms with E-state index in [0.29, 0.717) is 11.4 Å². The van der Waals surface area contributed by atoms with Gasteiger partial charge in [-0.3, -0.25) is 14.3 Å². The number of hydrogen-bond donors (Lipinski definition) is 2. The van der Waals surface area contributed by atoms with Crippen LogP contribution < -0.4 is 10.9 Å². The number of aromatic amines is 1. The molecule has 154 valence electrons. The van der Waals surface area contributed by atoms with E-state index >= 15 is 0 Å². The van der Waals surface area contributed by atoms with Crippen molar-refractivity contribution in [3.05, 3.63) is 76.5 Å². The van der Waals surface area contributed by atoms with Crippen LogP contribution in [0.3, 0.4) is 0 Å². The van der Waals surface area contributed by atoms with Crippen molar-refractivity contribution < 1.29 is 4.79 Å². The lowest BCUT2D eigenvalue weighted by atomic mass is 10.3. The maximum absolute atomic E-state index is 12.9. The molecule has 0 bridgehead atoms. The third kappa shape index (κ3) is 3.78. The van der Waals surface area contributed by atoms with Crippen molar-refractivity contribution >= 4 is 34.4 Å². The summed E-state index contributed by atoms with van der Waals surface area (Å²) in [5, 5.41) is 2.81. The number of nitrogens with zero attached hydrogens (tertiary/aromatic N) is 3. The number of carbonyl (C=O) groups excluding carboxylic acids is 1. The van der Waals surface area contributed by atoms with Gasteiger partial charge in [0.1, 0.15) is 11.5 Å². The molecule has 1 unspecified atom stereocenters. The highest BCUT2D eigenvalue weighted by molar-refractivity contribution is 8.00. The zero-order valence-corrected chi connectivity index (χ0v) is 17.9. The first-order chi connectivity index (χ1) is 14.5. The minimum atomic E-state index is -0.245. The summed E-state index contributed by atoms with van der Waals surface area (Å²) in [4.78, 5) is 33.4. The number of nitrogens with one attached hydrogen (secondary N) is 2. The Morgan fingerprint density at radius 1 is 1.17 bits per heavy atom. The number of benzene rings is 2. The Balaban J connectivity index is 1.46. The van der Waals surface area contributed by atoms with E-state index in [4.69, 9.17) is 0 Å². The van der Waals surface area contributed by atoms with Gasteiger partial charge in [-0.1, -0.05) is 30.3 Å². The highest BCUT2D eigenvalue weighted by Crippen LogP contribution is 2.27. The number of imidazole rings is 1. The molecule has 4 aromatic rings. The minimum absolute atomic E-state index is 0.0148. The third-order valence-corrected chi connectivity index (χ3v) is 6.23. The highest BCUT2D eigenvalue weighted by atomic mass is 32.2. The van der Waals surface area contributed by atoms with Crippen LogP contribution in [0.1, 0.15) is 23.7 Å². The SMILES string of the molecule is Cc1c(NC(=O)CSC(C)c2nc3ccccc3[nH]2)c(=O)n(-c2ccccc2)n1C. The van der Waals surface area contributed by atoms with Gasteiger partial charge in [0.15, 0.2) is 0 Å². The standard InChI is InChI=1S/C22H23N5O2S/c1-14-20(22(29)27(26(14)3)16-9-5-4-6-10-16)25-19(28)13-30-15(2)21-23-17-11-7-8-12-18(17)24-21/h4-12,15H,13H2,1-3H3,(H,23,24)(H,25,28). The molecular formula is C22H23N5O2S. The lowest BCUT2D eigenvalue weighted by Gasteiger charge is -2.08. The van der Waals surface area contributed by atoms with Crippen LogP contribution in [0.5, 0.6) is 0 Å². The molecule has 0 radical (unpaired) electrons. The van der Waals surface area contributed by atoms with Gasteiger partial charge in [0, 0.05) is 7.05 Å². The van der Waals surface area contributed by atoms with Crippen LogP contribution in [0.2, 0.25) is 0 Å². The second kappa shape index (κ2) is 8.23. The predicted molar refractivity (Wildman–Crippen MR) is 121 cm³/mol. The Morgan fingerprint density at radius 3 is 2.60 bits per heavy atom. The van der Waals surface area contributed by atoms with Gasteiger partial charge in [0.25, 0.3) is 5.56 Å². The molecule has 0 spiro atoms. The van der Waals surface area contributed by atoms with Gasteiger partial charge in [-0.05, 0) is 38.1 Å². The molecule has 2 N–H and O–H groups in total. The van der Waals surface area contributed by atoms with Crippen LogP contribution in [-0.2, 0) is 11.8 Å². The van der Waals surface area contributed by atoms with Gasteiger partial charge in [0.05, 0.1) is 33.4 Å². The first-order valence-electron chi connectivity index (χ1n) is 9.66. The predicted octanol–water partition coefficient (Wildman–Crippen LogP) is 3.79. The van der Waals surface area contributed by atoms with Crippen molar-refractivity contribution in [1.82, 2.24) is 19.3 Å². The Morgan fingerprint density at radius 2 is 1.87 bits per heavy atom. The monoisotopic (exact) mass is 421 g/mol. The average Bonchev–Trinajstić information content (AvgIpc) is 3.28. The van der Waals surface area contributed by atoms with Gasteiger partial charge in [-0.2, -0.15) is 0 Å². The zero-order valence-electron chi connectivity index (χ0n) is 17.0. The zero-order chi connectivity index (χ0) is 21.3. The number of hydrogen-bond acceptors (Lipinski definition) is 4. The van der Waals surface area contributed by atoms with E-state index in [0.717, 1.165) is 22.5 Å². The number of thioether (sulfide) groups is 1. The molecule has 30 heavy (non-hydrogen) atoms. The van der Waals surface area contributed by atoms with E-state index < -0.39 is 0 Å². The summed E-state index contributed by atoms with van der Waals surface area (Å²) >= 11 is 1.47. The van der Waals surface area contributed by atoms with E-state index in [-0.39, 0.29) is 22.5 Å². The minimum Gasteiger partial charge on any atom is -0.341 e. The molecule has 2 aromatic carbocycles. The smallest absolute Gasteiger partial charge is 0.295 e. The number of aromatic nitrogens is 4. The second-order valence-electron chi connectivity index (χ2n) is 7.08. The lowest BCUT2D eigenvalue weighted by molar-refractivity contribution is -0.113. The topological polar surface area (TPSA) is 84.7 Å². The maximum Gasteiger partial charge on any atom is 0.295 e. The van der Waals surface area contributed by atoms with E-state index in [1.54, 1.807) is 16.4 Å². The van der Waals surface area contributed by atoms with E-state index in [1.165, 1.54) is 11.8 Å². The molecule has 2 aromatic heterocycles. The molecule has 8 heteroatoms. The summed E-state index contributed by atoms with van der Waals surface area (Å²) in [5.41, 5.74) is 3.40. The molecule has 1 atom stereocenters. The Kier molecular flexibility index (Phi) is 5.50. The molecule has 0 fully saturated rings. The molecule has 0 aliphatic heterocycles. The summed E-state index contributed by atoms with van der Waals surface area (Å²) in [6, 6.07) is 17.2. The van der Waals surface area contributed by atoms with E-state index in [2.05, 4.69) is 15.3 Å². The van der Waals surface area contributed by atoms with Gasteiger partial charge < -0.3 is 10.3 Å². The van der Waals surface area contributed by atoms with Crippen molar-refractivity contribution in [3.8, 4) is 5.69 Å². The van der Waals surface area contributed by atoms with Crippen molar-refractivity contribution in [1.29, 1.82) is 0 Å². The first-order valence-corrected chi connectivity index (χ1v) is 10.7. The fourth-order valence-electron chi connectivity index (χ4n) is 3.33. The van der Waals surface area contributed by atoms with Crippen molar-refractivity contribution in [3.63, 3.8) is 0 Å². The molecule has 7 nitrogen and oxygen atoms in total. The number of rotatable bonds is 6. The van der Waals surface area contributed by atoms with Gasteiger partial charge in [-0.25, -0.2) is 9.67 Å². The average molecular weight is 422 g/mol. The van der Waals surface area contributed by atoms with Crippen LogP contribution in [-0.4, -0.2) is 31.0 Å². The third-order valence-electron chi connectivity index (χ3n) is 5.08. The van der Waals surface area contributed by atoms with Crippen LogP contribution >= 0.6 is 11.8 Å².